The lowest BCUT2D eigenvalue weighted by Crippen LogP contribution is -1.94. The summed E-state index contributed by atoms with van der Waals surface area (Å²) in [5.74, 6) is 0. The fraction of sp³-hybridized carbons (Fsp3) is 0. The molecule has 0 radical (unpaired) electrons. The number of hydrogen-bond acceptors (Lipinski definition) is 0. The van der Waals surface area contributed by atoms with Crippen molar-refractivity contribution in [2.24, 2.45) is 0 Å². The quantitative estimate of drug-likeness (QED) is 0.220. The number of benzene rings is 7. The summed E-state index contributed by atoms with van der Waals surface area (Å²) in [6.45, 7) is 0. The molecule has 0 spiro atoms. The first-order valence-corrected chi connectivity index (χ1v) is 13.8. The molecule has 0 saturated carbocycles. The van der Waals surface area contributed by atoms with Crippen LogP contribution in [0.5, 0.6) is 0 Å². The number of hydrogen-bond donors (Lipinski definition) is 0. The lowest BCUT2D eigenvalue weighted by molar-refractivity contribution is 1.17. The predicted octanol–water partition coefficient (Wildman–Crippen LogP) is 10.2. The van der Waals surface area contributed by atoms with E-state index >= 15 is 0 Å². The van der Waals surface area contributed by atoms with Gasteiger partial charge in [-0.15, -0.1) is 0 Å². The van der Waals surface area contributed by atoms with Crippen LogP contribution >= 0.6 is 0 Å². The number of nitrogens with zero attached hydrogens (tertiary/aromatic N) is 2. The van der Waals surface area contributed by atoms with E-state index in [1.165, 1.54) is 76.5 Å². The monoisotopic (exact) mass is 508 g/mol. The molecule has 2 heteroatoms. The fourth-order valence-electron chi connectivity index (χ4n) is 6.78. The molecule has 9 rings (SSSR count). The first kappa shape index (κ1) is 21.6. The summed E-state index contributed by atoms with van der Waals surface area (Å²) in [7, 11) is 0. The molecule has 9 aromatic rings. The molecule has 0 N–H and O–H groups in total. The van der Waals surface area contributed by atoms with E-state index in [0.717, 1.165) is 0 Å². The van der Waals surface area contributed by atoms with E-state index in [1.54, 1.807) is 0 Å². The second kappa shape index (κ2) is 8.08. The van der Waals surface area contributed by atoms with E-state index in [0.29, 0.717) is 0 Å². The minimum Gasteiger partial charge on any atom is -0.309 e. The summed E-state index contributed by atoms with van der Waals surface area (Å²) in [6.07, 6.45) is 0. The van der Waals surface area contributed by atoms with E-state index in [2.05, 4.69) is 155 Å². The Labute approximate surface area is 230 Å². The lowest BCUT2D eigenvalue weighted by Gasteiger charge is -2.10. The smallest absolute Gasteiger partial charge is 0.0549 e. The summed E-state index contributed by atoms with van der Waals surface area (Å²) in [5, 5.41) is 10.2. The van der Waals surface area contributed by atoms with Crippen LogP contribution in [0, 0.1) is 0 Å². The van der Waals surface area contributed by atoms with E-state index in [9.17, 15) is 0 Å². The van der Waals surface area contributed by atoms with Crippen LogP contribution in [0.15, 0.2) is 146 Å². The van der Waals surface area contributed by atoms with Gasteiger partial charge in [-0.2, -0.15) is 0 Å². The highest BCUT2D eigenvalue weighted by atomic mass is 15.0. The van der Waals surface area contributed by atoms with Crippen molar-refractivity contribution in [3.8, 4) is 11.4 Å². The van der Waals surface area contributed by atoms with Gasteiger partial charge in [0.05, 0.1) is 22.1 Å². The summed E-state index contributed by atoms with van der Waals surface area (Å²) in [4.78, 5) is 0. The molecule has 0 aliphatic carbocycles. The van der Waals surface area contributed by atoms with Gasteiger partial charge in [-0.25, -0.2) is 0 Å². The van der Waals surface area contributed by atoms with Gasteiger partial charge in [0.15, 0.2) is 0 Å². The molecule has 0 fully saturated rings. The van der Waals surface area contributed by atoms with Crippen molar-refractivity contribution in [3.63, 3.8) is 0 Å². The van der Waals surface area contributed by atoms with Crippen LogP contribution in [0.3, 0.4) is 0 Å². The fourth-order valence-corrected chi connectivity index (χ4v) is 6.78. The zero-order chi connectivity index (χ0) is 26.2. The minimum atomic E-state index is 1.18. The highest BCUT2D eigenvalue weighted by Gasteiger charge is 2.21. The molecule has 2 heterocycles. The van der Waals surface area contributed by atoms with Crippen molar-refractivity contribution >= 4 is 65.2 Å². The van der Waals surface area contributed by atoms with Crippen molar-refractivity contribution < 1.29 is 0 Å². The SMILES string of the molecule is c1ccc(-n2c3ccc4ccccc4c3c3c4c5ccccc5n(-c5ccc6ccccc6c5)c4ccc32)cc1. The van der Waals surface area contributed by atoms with Crippen LogP contribution in [-0.2, 0) is 0 Å². The van der Waals surface area contributed by atoms with Gasteiger partial charge >= 0.3 is 0 Å². The maximum Gasteiger partial charge on any atom is 0.0549 e. The summed E-state index contributed by atoms with van der Waals surface area (Å²) in [6, 6.07) is 53.0. The second-order valence-corrected chi connectivity index (χ2v) is 10.6. The molecule has 0 aliphatic rings. The molecular formula is C38H24N2. The Hall–Kier alpha value is -5.34. The minimum absolute atomic E-state index is 1.18. The van der Waals surface area contributed by atoms with Crippen molar-refractivity contribution in [3.05, 3.63) is 146 Å². The molecular weight excluding hydrogens is 484 g/mol. The summed E-state index contributed by atoms with van der Waals surface area (Å²) < 4.78 is 4.87. The molecule has 0 saturated heterocycles. The topological polar surface area (TPSA) is 9.86 Å². The standard InChI is InChI=1S/C38H24N2/c1-2-13-28(14-3-1)39-33-21-19-26-11-6-7-15-30(26)36(33)38-35(39)23-22-34-37(38)31-16-8-9-17-32(31)40(34)29-20-18-25-10-4-5-12-27(25)24-29/h1-24H. The molecule has 186 valence electrons. The Bertz CT molecular complexity index is 2420. The Morgan fingerprint density at radius 1 is 0.300 bits per heavy atom. The van der Waals surface area contributed by atoms with E-state index in [4.69, 9.17) is 0 Å². The first-order valence-electron chi connectivity index (χ1n) is 13.8. The molecule has 0 unspecified atom stereocenters. The van der Waals surface area contributed by atoms with Crippen LogP contribution in [0.25, 0.3) is 76.5 Å². The van der Waals surface area contributed by atoms with Crippen LogP contribution in [0.2, 0.25) is 0 Å². The molecule has 40 heavy (non-hydrogen) atoms. The van der Waals surface area contributed by atoms with Gasteiger partial charge in [0, 0.05) is 32.9 Å². The van der Waals surface area contributed by atoms with Crippen molar-refractivity contribution in [1.82, 2.24) is 9.13 Å². The van der Waals surface area contributed by atoms with Gasteiger partial charge in [0.2, 0.25) is 0 Å². The van der Waals surface area contributed by atoms with Gasteiger partial charge < -0.3 is 9.13 Å². The van der Waals surface area contributed by atoms with Crippen molar-refractivity contribution in [2.75, 3.05) is 0 Å². The third kappa shape index (κ3) is 2.88. The predicted molar refractivity (Wildman–Crippen MR) is 170 cm³/mol. The van der Waals surface area contributed by atoms with Gasteiger partial charge in [-0.1, -0.05) is 97.1 Å². The van der Waals surface area contributed by atoms with Gasteiger partial charge in [0.25, 0.3) is 0 Å². The van der Waals surface area contributed by atoms with Crippen LogP contribution < -0.4 is 0 Å². The lowest BCUT2D eigenvalue weighted by atomic mass is 10.0. The number of aromatic nitrogens is 2. The molecule has 7 aromatic carbocycles. The number of rotatable bonds is 2. The van der Waals surface area contributed by atoms with E-state index in [-0.39, 0.29) is 0 Å². The Balaban J connectivity index is 1.52. The molecule has 2 aromatic heterocycles. The van der Waals surface area contributed by atoms with Crippen LogP contribution in [-0.4, -0.2) is 9.13 Å². The largest absolute Gasteiger partial charge is 0.309 e. The summed E-state index contributed by atoms with van der Waals surface area (Å²) in [5.41, 5.74) is 7.27. The maximum atomic E-state index is 2.44. The van der Waals surface area contributed by atoms with E-state index < -0.39 is 0 Å². The van der Waals surface area contributed by atoms with Crippen molar-refractivity contribution in [2.45, 2.75) is 0 Å². The van der Waals surface area contributed by atoms with Gasteiger partial charge in [0.1, 0.15) is 0 Å². The average Bonchev–Trinajstić information content (AvgIpc) is 3.54. The Kier molecular flexibility index (Phi) is 4.36. The molecule has 0 bridgehead atoms. The van der Waals surface area contributed by atoms with Crippen molar-refractivity contribution in [1.29, 1.82) is 0 Å². The molecule has 0 aliphatic heterocycles. The average molecular weight is 509 g/mol. The zero-order valence-corrected chi connectivity index (χ0v) is 21.8. The third-order valence-corrected chi connectivity index (χ3v) is 8.46. The normalized spacial score (nSPS) is 12.0. The number of fused-ring (bicyclic) bond motifs is 10. The third-order valence-electron chi connectivity index (χ3n) is 8.46. The van der Waals surface area contributed by atoms with Crippen LogP contribution in [0.1, 0.15) is 0 Å². The Morgan fingerprint density at radius 2 is 0.850 bits per heavy atom. The van der Waals surface area contributed by atoms with Gasteiger partial charge in [-0.3, -0.25) is 0 Å². The van der Waals surface area contributed by atoms with E-state index in [1.807, 2.05) is 0 Å². The highest BCUT2D eigenvalue weighted by molar-refractivity contribution is 6.33. The second-order valence-electron chi connectivity index (χ2n) is 10.6. The first-order chi connectivity index (χ1) is 19.9. The zero-order valence-electron chi connectivity index (χ0n) is 21.8. The molecule has 2 nitrogen and oxygen atoms in total. The molecule has 0 atom stereocenters. The molecule has 0 amide bonds. The highest BCUT2D eigenvalue weighted by Crippen LogP contribution is 2.44. The number of para-hydroxylation sites is 2. The van der Waals surface area contributed by atoms with Crippen LogP contribution in [0.4, 0.5) is 0 Å². The maximum absolute atomic E-state index is 2.44. The summed E-state index contributed by atoms with van der Waals surface area (Å²) >= 11 is 0. The Morgan fingerprint density at radius 3 is 1.68 bits per heavy atom. The van der Waals surface area contributed by atoms with Gasteiger partial charge in [-0.05, 0) is 70.1 Å².